The molecule has 1 aliphatic rings. The Labute approximate surface area is 242 Å². The van der Waals surface area contributed by atoms with Crippen LogP contribution in [0.1, 0.15) is 39.7 Å². The lowest BCUT2D eigenvalue weighted by Gasteiger charge is -2.32. The van der Waals surface area contributed by atoms with Gasteiger partial charge in [-0.25, -0.2) is 0 Å². The van der Waals surface area contributed by atoms with Gasteiger partial charge in [0.05, 0.1) is 31.7 Å². The zero-order chi connectivity index (χ0) is 28.5. The molecule has 3 amide bonds. The van der Waals surface area contributed by atoms with Crippen LogP contribution in [-0.4, -0.2) is 62.6 Å². The lowest BCUT2D eigenvalue weighted by Crippen LogP contribution is -2.48. The fourth-order valence-corrected chi connectivity index (χ4v) is 5.33. The van der Waals surface area contributed by atoms with Gasteiger partial charge < -0.3 is 29.7 Å². The Morgan fingerprint density at radius 2 is 1.88 bits per heavy atom. The van der Waals surface area contributed by atoms with Crippen molar-refractivity contribution < 1.29 is 28.6 Å². The number of benzene rings is 2. The first-order valence-electron chi connectivity index (χ1n) is 12.9. The van der Waals surface area contributed by atoms with E-state index >= 15 is 0 Å². The van der Waals surface area contributed by atoms with Crippen molar-refractivity contribution in [1.82, 2.24) is 15.5 Å². The Morgan fingerprint density at radius 1 is 1.07 bits per heavy atom. The second kappa shape index (κ2) is 14.2. The van der Waals surface area contributed by atoms with E-state index in [1.165, 1.54) is 30.5 Å². The molecule has 4 rings (SSSR count). The molecular formula is C29H32ClN3O6S. The molecule has 3 aromatic rings. The van der Waals surface area contributed by atoms with Crippen LogP contribution >= 0.6 is 22.9 Å². The average Bonchev–Trinajstić information content (AvgIpc) is 3.70. The maximum Gasteiger partial charge on any atom is 0.261 e. The van der Waals surface area contributed by atoms with Gasteiger partial charge in [0.1, 0.15) is 6.04 Å². The number of nitrogens with one attached hydrogen (secondary N) is 2. The molecule has 2 N–H and O–H groups in total. The number of hydrogen-bond acceptors (Lipinski definition) is 7. The fourth-order valence-electron chi connectivity index (χ4n) is 4.50. The lowest BCUT2D eigenvalue weighted by molar-refractivity contribution is -0.141. The van der Waals surface area contributed by atoms with Crippen LogP contribution in [0.2, 0.25) is 5.02 Å². The smallest absolute Gasteiger partial charge is 0.261 e. The summed E-state index contributed by atoms with van der Waals surface area (Å²) in [5, 5.41) is 7.88. The normalized spacial score (nSPS) is 15.2. The molecule has 0 aliphatic carbocycles. The zero-order valence-electron chi connectivity index (χ0n) is 22.4. The number of ether oxygens (including phenoxy) is 3. The maximum absolute atomic E-state index is 13.8. The van der Waals surface area contributed by atoms with E-state index in [0.29, 0.717) is 45.7 Å². The van der Waals surface area contributed by atoms with Crippen LogP contribution in [0.5, 0.6) is 11.5 Å². The zero-order valence-corrected chi connectivity index (χ0v) is 23.9. The van der Waals surface area contributed by atoms with Crippen LogP contribution in [0.25, 0.3) is 0 Å². The predicted octanol–water partition coefficient (Wildman–Crippen LogP) is 4.21. The minimum atomic E-state index is -1.07. The first-order valence-corrected chi connectivity index (χ1v) is 14.1. The fraction of sp³-hybridized carbons (Fsp3) is 0.345. The van der Waals surface area contributed by atoms with Crippen LogP contribution in [-0.2, 0) is 20.9 Å². The number of nitrogens with zero attached hydrogens (tertiary/aromatic N) is 1. The highest BCUT2D eigenvalue weighted by molar-refractivity contribution is 7.12. The SMILES string of the molecule is COc1ccc([C@H](C(=O)NC[C@@H]2CCCO2)N(Cc2ccccc2Cl)C(=O)CNC(=O)c2cccs2)cc1OC. The molecule has 0 unspecified atom stereocenters. The van der Waals surface area contributed by atoms with Crippen LogP contribution in [0.4, 0.5) is 0 Å². The van der Waals surface area contributed by atoms with Gasteiger partial charge in [0.25, 0.3) is 5.91 Å². The average molecular weight is 586 g/mol. The predicted molar refractivity (Wildman–Crippen MR) is 153 cm³/mol. The number of carbonyl (C=O) groups is 3. The van der Waals surface area contributed by atoms with E-state index in [0.717, 1.165) is 12.8 Å². The minimum absolute atomic E-state index is 0.0275. The van der Waals surface area contributed by atoms with Crippen LogP contribution in [0, 0.1) is 0 Å². The van der Waals surface area contributed by atoms with Crippen molar-refractivity contribution in [2.75, 3.05) is 33.9 Å². The monoisotopic (exact) mass is 585 g/mol. The minimum Gasteiger partial charge on any atom is -0.493 e. The molecule has 40 heavy (non-hydrogen) atoms. The number of amides is 3. The Morgan fingerprint density at radius 3 is 2.55 bits per heavy atom. The van der Waals surface area contributed by atoms with Gasteiger partial charge in [-0.15, -0.1) is 11.3 Å². The molecule has 2 aromatic carbocycles. The first-order chi connectivity index (χ1) is 19.4. The third kappa shape index (κ3) is 7.32. The van der Waals surface area contributed by atoms with Gasteiger partial charge in [0.15, 0.2) is 11.5 Å². The van der Waals surface area contributed by atoms with Crippen LogP contribution in [0.15, 0.2) is 60.0 Å². The van der Waals surface area contributed by atoms with E-state index in [-0.39, 0.29) is 25.1 Å². The summed E-state index contributed by atoms with van der Waals surface area (Å²) in [6.45, 7) is 0.677. The number of carbonyl (C=O) groups excluding carboxylic acids is 3. The quantitative estimate of drug-likeness (QED) is 0.330. The molecular weight excluding hydrogens is 554 g/mol. The highest BCUT2D eigenvalue weighted by Gasteiger charge is 2.33. The second-order valence-electron chi connectivity index (χ2n) is 9.17. The van der Waals surface area contributed by atoms with Gasteiger partial charge in [-0.05, 0) is 53.6 Å². The van der Waals surface area contributed by atoms with Crippen molar-refractivity contribution in [2.45, 2.75) is 31.5 Å². The Kier molecular flexibility index (Phi) is 10.4. The standard InChI is InChI=1S/C29H32ClN3O6S/c1-37-23-12-11-19(15-24(23)38-2)27(29(36)31-16-21-8-5-13-39-21)33(18-20-7-3-4-9-22(20)30)26(34)17-32-28(35)25-10-6-14-40-25/h3-4,6-7,9-12,14-15,21,27H,5,8,13,16-18H2,1-2H3,(H,31,36)(H,32,35)/t21-,27+/m0/s1. The highest BCUT2D eigenvalue weighted by Crippen LogP contribution is 2.33. The van der Waals surface area contributed by atoms with Gasteiger partial charge in [-0.3, -0.25) is 14.4 Å². The van der Waals surface area contributed by atoms with E-state index in [9.17, 15) is 14.4 Å². The molecule has 11 heteroatoms. The third-order valence-corrected chi connectivity index (χ3v) is 7.81. The molecule has 212 valence electrons. The molecule has 0 bridgehead atoms. The molecule has 1 aliphatic heterocycles. The maximum atomic E-state index is 13.8. The van der Waals surface area contributed by atoms with Crippen LogP contribution < -0.4 is 20.1 Å². The van der Waals surface area contributed by atoms with Crippen LogP contribution in [0.3, 0.4) is 0 Å². The van der Waals surface area contributed by atoms with Gasteiger partial charge in [0, 0.05) is 24.7 Å². The van der Waals surface area contributed by atoms with Crippen molar-refractivity contribution in [1.29, 1.82) is 0 Å². The molecule has 1 fully saturated rings. The molecule has 0 saturated carbocycles. The third-order valence-electron chi connectivity index (χ3n) is 6.58. The van der Waals surface area contributed by atoms with E-state index in [2.05, 4.69) is 10.6 Å². The van der Waals surface area contributed by atoms with Gasteiger partial charge in [-0.1, -0.05) is 41.9 Å². The largest absolute Gasteiger partial charge is 0.493 e. The summed E-state index contributed by atoms with van der Waals surface area (Å²) in [6, 6.07) is 14.6. The lowest BCUT2D eigenvalue weighted by atomic mass is 10.0. The summed E-state index contributed by atoms with van der Waals surface area (Å²) in [5.41, 5.74) is 1.16. The topological polar surface area (TPSA) is 106 Å². The molecule has 2 atom stereocenters. The summed E-state index contributed by atoms with van der Waals surface area (Å²) < 4.78 is 16.5. The second-order valence-corrected chi connectivity index (χ2v) is 10.5. The number of halogens is 1. The van der Waals surface area contributed by atoms with E-state index in [1.54, 1.807) is 53.9 Å². The first kappa shape index (κ1) is 29.4. The summed E-state index contributed by atoms with van der Waals surface area (Å²) in [4.78, 5) is 42.2. The molecule has 1 aromatic heterocycles. The number of hydrogen-bond donors (Lipinski definition) is 2. The van der Waals surface area contributed by atoms with Crippen molar-refractivity contribution in [3.63, 3.8) is 0 Å². The van der Waals surface area contributed by atoms with Gasteiger partial charge >= 0.3 is 0 Å². The van der Waals surface area contributed by atoms with E-state index in [1.807, 2.05) is 6.07 Å². The molecule has 0 spiro atoms. The molecule has 2 heterocycles. The van der Waals surface area contributed by atoms with Gasteiger partial charge in [0.2, 0.25) is 11.8 Å². The summed E-state index contributed by atoms with van der Waals surface area (Å²) in [7, 11) is 3.02. The molecule has 0 radical (unpaired) electrons. The summed E-state index contributed by atoms with van der Waals surface area (Å²) in [6.07, 6.45) is 1.69. The number of rotatable bonds is 12. The highest BCUT2D eigenvalue weighted by atomic mass is 35.5. The van der Waals surface area contributed by atoms with Crippen molar-refractivity contribution >= 4 is 40.7 Å². The number of methoxy groups -OCH3 is 2. The van der Waals surface area contributed by atoms with Gasteiger partial charge in [-0.2, -0.15) is 0 Å². The van der Waals surface area contributed by atoms with E-state index < -0.39 is 17.9 Å². The number of thiophene rings is 1. The summed E-state index contributed by atoms with van der Waals surface area (Å²) in [5.74, 6) is -0.332. The molecule has 9 nitrogen and oxygen atoms in total. The van der Waals surface area contributed by atoms with Crippen molar-refractivity contribution in [3.05, 3.63) is 81.0 Å². The van der Waals surface area contributed by atoms with E-state index in [4.69, 9.17) is 25.8 Å². The molecule has 1 saturated heterocycles. The van der Waals surface area contributed by atoms with Crippen molar-refractivity contribution in [3.8, 4) is 11.5 Å². The van der Waals surface area contributed by atoms with Crippen molar-refractivity contribution in [2.24, 2.45) is 0 Å². The summed E-state index contributed by atoms with van der Waals surface area (Å²) >= 11 is 7.75. The Bertz CT molecular complexity index is 1310. The Balaban J connectivity index is 1.69. The Hall–Kier alpha value is -3.60.